The molecule has 68 valence electrons. The summed E-state index contributed by atoms with van der Waals surface area (Å²) in [6.45, 7) is 2.68. The predicted molar refractivity (Wildman–Crippen MR) is 46.7 cm³/mol. The smallest absolute Gasteiger partial charge is 0.234 e. The molecule has 3 heteroatoms. The Morgan fingerprint density at radius 1 is 1.58 bits per heavy atom. The lowest BCUT2D eigenvalue weighted by Crippen LogP contribution is -2.74. The Balaban J connectivity index is 1.83. The van der Waals surface area contributed by atoms with E-state index >= 15 is 0 Å². The molecule has 0 spiro atoms. The maximum atomic E-state index is 11.2. The Hall–Kier alpha value is -0.570. The number of carbonyl (C=O) groups is 1. The number of carbonyl (C=O) groups excluding carboxylic acids is 1. The molecule has 12 heavy (non-hydrogen) atoms. The summed E-state index contributed by atoms with van der Waals surface area (Å²) in [5.74, 6) is 1.76. The molecule has 0 aromatic rings. The van der Waals surface area contributed by atoms with E-state index in [4.69, 9.17) is 0 Å². The van der Waals surface area contributed by atoms with E-state index in [0.29, 0.717) is 6.54 Å². The molecule has 0 aromatic carbocycles. The van der Waals surface area contributed by atoms with Crippen LogP contribution in [0.5, 0.6) is 0 Å². The van der Waals surface area contributed by atoms with Gasteiger partial charge in [0.05, 0.1) is 6.54 Å². The molecular weight excluding hydrogens is 152 g/mol. The van der Waals surface area contributed by atoms with Gasteiger partial charge in [0.15, 0.2) is 0 Å². The van der Waals surface area contributed by atoms with Gasteiger partial charge in [-0.3, -0.25) is 4.79 Å². The van der Waals surface area contributed by atoms with Crippen molar-refractivity contribution in [3.8, 4) is 0 Å². The van der Waals surface area contributed by atoms with E-state index in [9.17, 15) is 4.79 Å². The molecule has 3 rings (SSSR count). The molecule has 1 amide bonds. The third kappa shape index (κ3) is 0.891. The first-order chi connectivity index (χ1) is 5.68. The van der Waals surface area contributed by atoms with E-state index in [1.807, 2.05) is 0 Å². The average Bonchev–Trinajstić information content (AvgIpc) is 1.98. The number of amides is 1. The van der Waals surface area contributed by atoms with Crippen LogP contribution in [-0.2, 0) is 4.79 Å². The molecule has 0 radical (unpaired) electrons. The van der Waals surface area contributed by atoms with E-state index in [0.717, 1.165) is 11.8 Å². The van der Waals surface area contributed by atoms with E-state index < -0.39 is 0 Å². The second-order valence-electron chi connectivity index (χ2n) is 4.19. The SMILES string of the molecule is CNCC(=O)NC12CC(C1)[C@H]2C. The summed E-state index contributed by atoms with van der Waals surface area (Å²) in [5, 5.41) is 5.97. The van der Waals surface area contributed by atoms with Gasteiger partial charge in [0.1, 0.15) is 0 Å². The van der Waals surface area contributed by atoms with E-state index in [1.165, 1.54) is 12.8 Å². The van der Waals surface area contributed by atoms with Crippen LogP contribution in [0.4, 0.5) is 0 Å². The normalized spacial score (nSPS) is 42.8. The summed E-state index contributed by atoms with van der Waals surface area (Å²) in [7, 11) is 1.80. The number of hydrogen-bond donors (Lipinski definition) is 2. The summed E-state index contributed by atoms with van der Waals surface area (Å²) in [6.07, 6.45) is 2.42. The van der Waals surface area contributed by atoms with Gasteiger partial charge in [0, 0.05) is 5.54 Å². The lowest BCUT2D eigenvalue weighted by molar-refractivity contribution is -0.149. The van der Waals surface area contributed by atoms with Crippen LogP contribution in [0.1, 0.15) is 19.8 Å². The Morgan fingerprint density at radius 2 is 2.25 bits per heavy atom. The van der Waals surface area contributed by atoms with Crippen LogP contribution < -0.4 is 10.6 Å². The molecule has 3 aliphatic carbocycles. The number of rotatable bonds is 3. The molecule has 3 saturated carbocycles. The van der Waals surface area contributed by atoms with Crippen molar-refractivity contribution in [1.29, 1.82) is 0 Å². The minimum absolute atomic E-state index is 0.141. The van der Waals surface area contributed by atoms with Crippen LogP contribution in [0, 0.1) is 11.8 Å². The van der Waals surface area contributed by atoms with Crippen molar-refractivity contribution in [2.75, 3.05) is 13.6 Å². The number of hydrogen-bond acceptors (Lipinski definition) is 2. The van der Waals surface area contributed by atoms with Gasteiger partial charge in [-0.15, -0.1) is 0 Å². The van der Waals surface area contributed by atoms with Crippen LogP contribution in [0.15, 0.2) is 0 Å². The van der Waals surface area contributed by atoms with Crippen molar-refractivity contribution in [3.05, 3.63) is 0 Å². The maximum absolute atomic E-state index is 11.2. The van der Waals surface area contributed by atoms with Crippen molar-refractivity contribution in [3.63, 3.8) is 0 Å². The third-order valence-corrected chi connectivity index (χ3v) is 3.56. The molecule has 3 fully saturated rings. The molecular formula is C9H16N2O. The highest BCUT2D eigenvalue weighted by atomic mass is 16.2. The van der Waals surface area contributed by atoms with E-state index in [-0.39, 0.29) is 11.4 Å². The highest BCUT2D eigenvalue weighted by Gasteiger charge is 2.63. The first-order valence-electron chi connectivity index (χ1n) is 4.63. The number of nitrogens with one attached hydrogen (secondary N) is 2. The Kier molecular flexibility index (Phi) is 1.65. The standard InChI is InChI=1S/C9H16N2O/c1-6-7-3-9(6,4-7)11-8(12)5-10-2/h6-7,10H,3-5H2,1-2H3,(H,11,12)/t6-,7?,9?/m1/s1. The van der Waals surface area contributed by atoms with Gasteiger partial charge in [-0.1, -0.05) is 6.92 Å². The number of likely N-dealkylation sites (N-methyl/N-ethyl adjacent to an activating group) is 1. The van der Waals surface area contributed by atoms with Crippen molar-refractivity contribution < 1.29 is 4.79 Å². The summed E-state index contributed by atoms with van der Waals surface area (Å²) in [4.78, 5) is 11.2. The topological polar surface area (TPSA) is 41.1 Å². The average molecular weight is 168 g/mol. The van der Waals surface area contributed by atoms with Crippen LogP contribution in [-0.4, -0.2) is 25.0 Å². The van der Waals surface area contributed by atoms with Crippen LogP contribution in [0.2, 0.25) is 0 Å². The van der Waals surface area contributed by atoms with Crippen molar-refractivity contribution in [2.45, 2.75) is 25.3 Å². The van der Waals surface area contributed by atoms with Gasteiger partial charge in [0.2, 0.25) is 5.91 Å². The van der Waals surface area contributed by atoms with Gasteiger partial charge in [-0.25, -0.2) is 0 Å². The Morgan fingerprint density at radius 3 is 2.58 bits per heavy atom. The predicted octanol–water partition coefficient (Wildman–Crippen LogP) is 0.120. The molecule has 0 aliphatic heterocycles. The van der Waals surface area contributed by atoms with E-state index in [1.54, 1.807) is 7.05 Å². The largest absolute Gasteiger partial charge is 0.349 e. The van der Waals surface area contributed by atoms with Crippen LogP contribution in [0.3, 0.4) is 0 Å². The quantitative estimate of drug-likeness (QED) is 0.628. The molecule has 3 nitrogen and oxygen atoms in total. The van der Waals surface area contributed by atoms with Crippen molar-refractivity contribution in [2.24, 2.45) is 11.8 Å². The van der Waals surface area contributed by atoms with Crippen molar-refractivity contribution >= 4 is 5.91 Å². The molecule has 0 heterocycles. The first-order valence-corrected chi connectivity index (χ1v) is 4.63. The summed E-state index contributed by atoms with van der Waals surface area (Å²) >= 11 is 0. The van der Waals surface area contributed by atoms with Gasteiger partial charge < -0.3 is 10.6 Å². The van der Waals surface area contributed by atoms with Gasteiger partial charge in [0.25, 0.3) is 0 Å². The second-order valence-corrected chi connectivity index (χ2v) is 4.19. The van der Waals surface area contributed by atoms with Gasteiger partial charge in [-0.05, 0) is 31.7 Å². The lowest BCUT2D eigenvalue weighted by atomic mass is 9.43. The molecule has 0 unspecified atom stereocenters. The minimum Gasteiger partial charge on any atom is -0.349 e. The molecule has 1 atom stereocenters. The zero-order valence-electron chi connectivity index (χ0n) is 7.68. The fourth-order valence-electron chi connectivity index (χ4n) is 2.43. The zero-order valence-corrected chi connectivity index (χ0v) is 7.68. The Labute approximate surface area is 72.9 Å². The molecule has 3 aliphatic rings. The fourth-order valence-corrected chi connectivity index (χ4v) is 2.43. The second kappa shape index (κ2) is 2.46. The fraction of sp³-hybridized carbons (Fsp3) is 0.889. The third-order valence-electron chi connectivity index (χ3n) is 3.56. The van der Waals surface area contributed by atoms with E-state index in [2.05, 4.69) is 17.6 Å². The minimum atomic E-state index is 0.141. The lowest BCUT2D eigenvalue weighted by Gasteiger charge is -2.67. The highest BCUT2D eigenvalue weighted by molar-refractivity contribution is 5.79. The Bertz CT molecular complexity index is 209. The van der Waals surface area contributed by atoms with Crippen LogP contribution >= 0.6 is 0 Å². The van der Waals surface area contributed by atoms with Crippen molar-refractivity contribution in [1.82, 2.24) is 10.6 Å². The molecule has 0 aromatic heterocycles. The molecule has 2 N–H and O–H groups in total. The van der Waals surface area contributed by atoms with Crippen LogP contribution in [0.25, 0.3) is 0 Å². The highest BCUT2D eigenvalue weighted by Crippen LogP contribution is 2.61. The summed E-state index contributed by atoms with van der Waals surface area (Å²) in [5.41, 5.74) is 0.207. The molecule has 0 saturated heterocycles. The zero-order chi connectivity index (χ0) is 8.77. The summed E-state index contributed by atoms with van der Waals surface area (Å²) in [6, 6.07) is 0. The monoisotopic (exact) mass is 168 g/mol. The first kappa shape index (κ1) is 8.05. The van der Waals surface area contributed by atoms with Gasteiger partial charge in [-0.2, -0.15) is 0 Å². The maximum Gasteiger partial charge on any atom is 0.234 e. The molecule has 2 bridgehead atoms. The van der Waals surface area contributed by atoms with Gasteiger partial charge >= 0.3 is 0 Å². The summed E-state index contributed by atoms with van der Waals surface area (Å²) < 4.78 is 0.